The number of carbonyl (C=O) groups excluding carboxylic acids is 1. The van der Waals surface area contributed by atoms with Crippen LogP contribution in [0.2, 0.25) is 5.02 Å². The van der Waals surface area contributed by atoms with Gasteiger partial charge >= 0.3 is 0 Å². The van der Waals surface area contributed by atoms with Crippen LogP contribution in [-0.2, 0) is 10.5 Å². The number of hydrogen-bond acceptors (Lipinski definition) is 2. The Morgan fingerprint density at radius 1 is 0.962 bits per heavy atom. The van der Waals surface area contributed by atoms with Crippen LogP contribution in [0.5, 0.6) is 5.75 Å². The van der Waals surface area contributed by atoms with Gasteiger partial charge in [-0.2, -0.15) is 0 Å². The molecule has 1 N–H and O–H groups in total. The maximum absolute atomic E-state index is 16.0. The first-order chi connectivity index (χ1) is 12.5. The van der Waals surface area contributed by atoms with Crippen LogP contribution in [0.25, 0.3) is 11.1 Å². The molecule has 0 fully saturated rings. The zero-order valence-corrected chi connectivity index (χ0v) is 14.7. The summed E-state index contributed by atoms with van der Waals surface area (Å²) in [5.41, 5.74) is 0.314. The third-order valence-corrected chi connectivity index (χ3v) is 4.83. The molecule has 0 saturated carbocycles. The summed E-state index contributed by atoms with van der Waals surface area (Å²) in [5, 5.41) is 2.99. The van der Waals surface area contributed by atoms with Crippen molar-refractivity contribution < 1.29 is 13.9 Å². The summed E-state index contributed by atoms with van der Waals surface area (Å²) in [7, 11) is 1.43. The molecule has 0 saturated heterocycles. The lowest BCUT2D eigenvalue weighted by Gasteiger charge is -2.21. The first kappa shape index (κ1) is 16.6. The largest absolute Gasteiger partial charge is 0.496 e. The second-order valence-electron chi connectivity index (χ2n) is 6.08. The van der Waals surface area contributed by atoms with Crippen molar-refractivity contribution in [2.75, 3.05) is 12.4 Å². The van der Waals surface area contributed by atoms with Gasteiger partial charge in [0.1, 0.15) is 5.75 Å². The number of alkyl halides is 1. The molecule has 0 radical (unpaired) electrons. The number of benzene rings is 3. The third-order valence-electron chi connectivity index (χ3n) is 4.59. The monoisotopic (exact) mass is 367 g/mol. The van der Waals surface area contributed by atoms with Gasteiger partial charge in [-0.25, -0.2) is 4.39 Å². The van der Waals surface area contributed by atoms with Gasteiger partial charge in [0, 0.05) is 21.8 Å². The fourth-order valence-corrected chi connectivity index (χ4v) is 3.48. The minimum atomic E-state index is -2.36. The third kappa shape index (κ3) is 2.45. The van der Waals surface area contributed by atoms with Crippen LogP contribution in [-0.4, -0.2) is 13.0 Å². The number of fused-ring (bicyclic) bond motifs is 1. The lowest BCUT2D eigenvalue weighted by atomic mass is 9.87. The lowest BCUT2D eigenvalue weighted by molar-refractivity contribution is -0.124. The second-order valence-corrected chi connectivity index (χ2v) is 6.52. The highest BCUT2D eigenvalue weighted by Crippen LogP contribution is 2.48. The van der Waals surface area contributed by atoms with Gasteiger partial charge < -0.3 is 10.1 Å². The molecular weight excluding hydrogens is 353 g/mol. The summed E-state index contributed by atoms with van der Waals surface area (Å²) >= 11 is 6.04. The zero-order chi connectivity index (χ0) is 18.3. The molecule has 1 atom stereocenters. The topological polar surface area (TPSA) is 38.3 Å². The SMILES string of the molecule is COc1ccc(Cl)cc1C1(F)C(=O)Nc2cc(-c3ccccc3)ccc21. The summed E-state index contributed by atoms with van der Waals surface area (Å²) < 4.78 is 21.3. The molecule has 3 aromatic rings. The van der Waals surface area contributed by atoms with Crippen LogP contribution < -0.4 is 10.1 Å². The number of anilines is 1. The summed E-state index contributed by atoms with van der Waals surface area (Å²) in [4.78, 5) is 12.6. The van der Waals surface area contributed by atoms with Gasteiger partial charge in [-0.3, -0.25) is 4.79 Å². The quantitative estimate of drug-likeness (QED) is 0.692. The van der Waals surface area contributed by atoms with E-state index >= 15 is 4.39 Å². The number of methoxy groups -OCH3 is 1. The van der Waals surface area contributed by atoms with Gasteiger partial charge in [0.2, 0.25) is 5.67 Å². The van der Waals surface area contributed by atoms with E-state index in [2.05, 4.69) is 5.32 Å². The van der Waals surface area contributed by atoms with E-state index in [4.69, 9.17) is 16.3 Å². The number of ether oxygens (including phenoxy) is 1. The van der Waals surface area contributed by atoms with Gasteiger partial charge in [0.15, 0.2) is 0 Å². The number of halogens is 2. The van der Waals surface area contributed by atoms with Crippen molar-refractivity contribution in [1.82, 2.24) is 0 Å². The van der Waals surface area contributed by atoms with E-state index in [1.807, 2.05) is 30.3 Å². The molecule has 1 aliphatic heterocycles. The highest BCUT2D eigenvalue weighted by atomic mass is 35.5. The molecule has 0 aliphatic carbocycles. The minimum Gasteiger partial charge on any atom is -0.496 e. The van der Waals surface area contributed by atoms with E-state index in [0.717, 1.165) is 11.1 Å². The van der Waals surface area contributed by atoms with Crippen molar-refractivity contribution in [2.45, 2.75) is 5.67 Å². The van der Waals surface area contributed by atoms with Crippen molar-refractivity contribution in [2.24, 2.45) is 0 Å². The van der Waals surface area contributed by atoms with Gasteiger partial charge in [0.05, 0.1) is 7.11 Å². The first-order valence-electron chi connectivity index (χ1n) is 8.08. The molecule has 1 unspecified atom stereocenters. The Hall–Kier alpha value is -2.85. The zero-order valence-electron chi connectivity index (χ0n) is 13.9. The molecule has 4 rings (SSSR count). The fourth-order valence-electron chi connectivity index (χ4n) is 3.31. The molecule has 3 nitrogen and oxygen atoms in total. The van der Waals surface area contributed by atoms with E-state index in [1.54, 1.807) is 30.3 Å². The second kappa shape index (κ2) is 6.15. The highest BCUT2D eigenvalue weighted by Gasteiger charge is 2.51. The van der Waals surface area contributed by atoms with Gasteiger partial charge in [-0.1, -0.05) is 54.1 Å². The van der Waals surface area contributed by atoms with Crippen molar-refractivity contribution in [3.05, 3.63) is 82.9 Å². The Morgan fingerprint density at radius 2 is 1.73 bits per heavy atom. The molecule has 0 aromatic heterocycles. The van der Waals surface area contributed by atoms with Crippen LogP contribution in [0.4, 0.5) is 10.1 Å². The van der Waals surface area contributed by atoms with E-state index in [-0.39, 0.29) is 16.9 Å². The summed E-state index contributed by atoms with van der Waals surface area (Å²) in [6, 6.07) is 19.5. The Morgan fingerprint density at radius 3 is 2.46 bits per heavy atom. The van der Waals surface area contributed by atoms with Crippen molar-refractivity contribution in [1.29, 1.82) is 0 Å². The Labute approximate surface area is 155 Å². The highest BCUT2D eigenvalue weighted by molar-refractivity contribution is 6.30. The molecule has 0 spiro atoms. The van der Waals surface area contributed by atoms with E-state index < -0.39 is 11.6 Å². The lowest BCUT2D eigenvalue weighted by Crippen LogP contribution is -2.31. The summed E-state index contributed by atoms with van der Waals surface area (Å²) in [5.74, 6) is -0.481. The average Bonchev–Trinajstić information content (AvgIpc) is 2.93. The Balaban J connectivity index is 1.87. The van der Waals surface area contributed by atoms with Crippen LogP contribution in [0.3, 0.4) is 0 Å². The van der Waals surface area contributed by atoms with Gasteiger partial charge in [0.25, 0.3) is 5.91 Å². The molecule has 26 heavy (non-hydrogen) atoms. The smallest absolute Gasteiger partial charge is 0.271 e. The molecule has 0 bridgehead atoms. The van der Waals surface area contributed by atoms with Gasteiger partial charge in [-0.05, 0) is 35.4 Å². The van der Waals surface area contributed by atoms with Crippen LogP contribution in [0.15, 0.2) is 66.7 Å². The van der Waals surface area contributed by atoms with Crippen molar-refractivity contribution in [3.8, 4) is 16.9 Å². The van der Waals surface area contributed by atoms with E-state index in [1.165, 1.54) is 13.2 Å². The number of rotatable bonds is 3. The molecule has 130 valence electrons. The summed E-state index contributed by atoms with van der Waals surface area (Å²) in [6.45, 7) is 0. The van der Waals surface area contributed by atoms with Gasteiger partial charge in [-0.15, -0.1) is 0 Å². The number of hydrogen-bond donors (Lipinski definition) is 1. The Kier molecular flexibility index (Phi) is 3.93. The van der Waals surface area contributed by atoms with Crippen LogP contribution >= 0.6 is 11.6 Å². The molecule has 1 aliphatic rings. The van der Waals surface area contributed by atoms with E-state index in [0.29, 0.717) is 10.7 Å². The normalized spacial score (nSPS) is 18.3. The van der Waals surface area contributed by atoms with Crippen molar-refractivity contribution >= 4 is 23.2 Å². The fraction of sp³-hybridized carbons (Fsp3) is 0.0952. The number of amides is 1. The average molecular weight is 368 g/mol. The standard InChI is InChI=1S/C21H15ClFNO2/c1-26-19-10-8-15(22)12-17(19)21(23)16-9-7-14(11-18(16)24-20(21)25)13-5-3-2-4-6-13/h2-12H,1H3,(H,24,25). The van der Waals surface area contributed by atoms with Crippen LogP contribution in [0.1, 0.15) is 11.1 Å². The van der Waals surface area contributed by atoms with Crippen LogP contribution in [0, 0.1) is 0 Å². The summed E-state index contributed by atoms with van der Waals surface area (Å²) in [6.07, 6.45) is 0. The predicted octanol–water partition coefficient (Wildman–Crippen LogP) is 5.18. The minimum absolute atomic E-state index is 0.0937. The molecule has 1 amide bonds. The number of nitrogens with one attached hydrogen (secondary N) is 1. The number of carbonyl (C=O) groups is 1. The maximum Gasteiger partial charge on any atom is 0.271 e. The molecule has 1 heterocycles. The Bertz CT molecular complexity index is 1010. The molecule has 3 aromatic carbocycles. The maximum atomic E-state index is 16.0. The first-order valence-corrected chi connectivity index (χ1v) is 8.46. The predicted molar refractivity (Wildman–Crippen MR) is 100 cm³/mol. The van der Waals surface area contributed by atoms with Crippen molar-refractivity contribution in [3.63, 3.8) is 0 Å². The molecule has 5 heteroatoms. The van der Waals surface area contributed by atoms with E-state index in [9.17, 15) is 4.79 Å². The molecular formula is C21H15ClFNO2.